The van der Waals surface area contributed by atoms with Gasteiger partial charge in [0.2, 0.25) is 5.95 Å². The molecule has 10 nitrogen and oxygen atoms in total. The average Bonchev–Trinajstić information content (AvgIpc) is 3.39. The number of nitrogens with zero attached hydrogens (tertiary/aromatic N) is 6. The molecule has 1 aliphatic rings. The van der Waals surface area contributed by atoms with Crippen LogP contribution in [0.4, 0.5) is 36.3 Å². The zero-order valence-corrected chi connectivity index (χ0v) is 21.9. The molecule has 1 amide bonds. The summed E-state index contributed by atoms with van der Waals surface area (Å²) in [7, 11) is 2.11. The third-order valence-corrected chi connectivity index (χ3v) is 6.68. The first-order valence-electron chi connectivity index (χ1n) is 12.7. The number of anilines is 4. The molecule has 0 spiro atoms. The predicted molar refractivity (Wildman–Crippen MR) is 145 cm³/mol. The SMILES string of the molecule is Cc1ccc(C(=O)Nc2cccc(C(F)(F)F)c2)cc1Nc1ncnn1-c1cc(NC2CCN(C)CC2)ncn1. The summed E-state index contributed by atoms with van der Waals surface area (Å²) in [6, 6.07) is 11.5. The molecule has 0 saturated carbocycles. The van der Waals surface area contributed by atoms with Crippen molar-refractivity contribution < 1.29 is 18.0 Å². The molecule has 5 rings (SSSR count). The standard InChI is InChI=1S/C27H28F3N9O/c1-17-6-7-18(25(40)36-21-5-3-4-19(13-21)27(28,29)30)12-22(17)37-26-33-16-34-39(26)24-14-23(31-15-32-24)35-20-8-10-38(2)11-9-20/h3-7,12-16,20H,8-11H2,1-2H3,(H,36,40)(H,31,32,35)(H,33,34,37). The highest BCUT2D eigenvalue weighted by molar-refractivity contribution is 6.05. The number of aromatic nitrogens is 5. The number of carbonyl (C=O) groups excluding carboxylic acids is 1. The zero-order chi connectivity index (χ0) is 28.3. The van der Waals surface area contributed by atoms with E-state index < -0.39 is 17.6 Å². The van der Waals surface area contributed by atoms with Gasteiger partial charge in [-0.25, -0.2) is 9.97 Å². The fourth-order valence-electron chi connectivity index (χ4n) is 4.39. The third-order valence-electron chi connectivity index (χ3n) is 6.68. The van der Waals surface area contributed by atoms with Gasteiger partial charge in [-0.3, -0.25) is 4.79 Å². The van der Waals surface area contributed by atoms with Crippen LogP contribution in [0.1, 0.15) is 34.3 Å². The highest BCUT2D eigenvalue weighted by Crippen LogP contribution is 2.31. The molecule has 1 aliphatic heterocycles. The molecule has 4 aromatic rings. The number of aryl methyl sites for hydroxylation is 1. The Morgan fingerprint density at radius 2 is 1.80 bits per heavy atom. The van der Waals surface area contributed by atoms with E-state index in [9.17, 15) is 18.0 Å². The van der Waals surface area contributed by atoms with Gasteiger partial charge >= 0.3 is 6.18 Å². The number of likely N-dealkylation sites (tertiary alicyclic amines) is 1. The van der Waals surface area contributed by atoms with Crippen molar-refractivity contribution in [3.63, 3.8) is 0 Å². The highest BCUT2D eigenvalue weighted by atomic mass is 19.4. The molecule has 2 aromatic carbocycles. The molecule has 2 aromatic heterocycles. The smallest absolute Gasteiger partial charge is 0.367 e. The number of carbonyl (C=O) groups is 1. The van der Waals surface area contributed by atoms with Gasteiger partial charge in [0.25, 0.3) is 5.91 Å². The van der Waals surface area contributed by atoms with Gasteiger partial charge in [0, 0.05) is 29.0 Å². The Kier molecular flexibility index (Phi) is 7.65. The summed E-state index contributed by atoms with van der Waals surface area (Å²) in [5.41, 5.74) is 0.846. The first-order valence-corrected chi connectivity index (χ1v) is 12.7. The average molecular weight is 552 g/mol. The number of alkyl halides is 3. The lowest BCUT2D eigenvalue weighted by Crippen LogP contribution is -2.36. The fourth-order valence-corrected chi connectivity index (χ4v) is 4.39. The van der Waals surface area contributed by atoms with Gasteiger partial charge in [0.05, 0.1) is 5.56 Å². The molecule has 1 fully saturated rings. The maximum Gasteiger partial charge on any atom is 0.416 e. The summed E-state index contributed by atoms with van der Waals surface area (Å²) in [6.07, 6.45) is 0.368. The van der Waals surface area contributed by atoms with Gasteiger partial charge in [-0.2, -0.15) is 27.9 Å². The monoisotopic (exact) mass is 551 g/mol. The minimum atomic E-state index is -4.51. The van der Waals surface area contributed by atoms with Crippen molar-refractivity contribution in [2.45, 2.75) is 32.0 Å². The van der Waals surface area contributed by atoms with E-state index >= 15 is 0 Å². The summed E-state index contributed by atoms with van der Waals surface area (Å²) in [6.45, 7) is 3.89. The van der Waals surface area contributed by atoms with Crippen molar-refractivity contribution in [2.75, 3.05) is 36.1 Å². The van der Waals surface area contributed by atoms with Crippen LogP contribution in [0.3, 0.4) is 0 Å². The molecule has 3 heterocycles. The van der Waals surface area contributed by atoms with Crippen LogP contribution in [0, 0.1) is 6.92 Å². The summed E-state index contributed by atoms with van der Waals surface area (Å²) >= 11 is 0. The van der Waals surface area contributed by atoms with Crippen molar-refractivity contribution >= 4 is 29.0 Å². The fraction of sp³-hybridized carbons (Fsp3) is 0.296. The van der Waals surface area contributed by atoms with Crippen LogP contribution in [0.15, 0.2) is 61.2 Å². The van der Waals surface area contributed by atoms with E-state index in [1.54, 1.807) is 24.3 Å². The number of hydrogen-bond acceptors (Lipinski definition) is 8. The summed E-state index contributed by atoms with van der Waals surface area (Å²) < 4.78 is 40.7. The number of amides is 1. The molecule has 3 N–H and O–H groups in total. The number of nitrogens with one attached hydrogen (secondary N) is 3. The minimum absolute atomic E-state index is 0.0445. The van der Waals surface area contributed by atoms with Gasteiger partial charge in [0.15, 0.2) is 5.82 Å². The Morgan fingerprint density at radius 1 is 1.00 bits per heavy atom. The van der Waals surface area contributed by atoms with E-state index in [4.69, 9.17) is 0 Å². The van der Waals surface area contributed by atoms with Crippen molar-refractivity contribution in [3.05, 3.63) is 77.9 Å². The van der Waals surface area contributed by atoms with Crippen molar-refractivity contribution in [2.24, 2.45) is 0 Å². The largest absolute Gasteiger partial charge is 0.416 e. The normalized spacial score (nSPS) is 14.6. The molecular weight excluding hydrogens is 523 g/mol. The van der Waals surface area contributed by atoms with Crippen molar-refractivity contribution in [1.29, 1.82) is 0 Å². The van der Waals surface area contributed by atoms with Gasteiger partial charge in [-0.05, 0) is 75.8 Å². The third kappa shape index (κ3) is 6.37. The second kappa shape index (κ2) is 11.3. The van der Waals surface area contributed by atoms with Gasteiger partial charge < -0.3 is 20.9 Å². The lowest BCUT2D eigenvalue weighted by atomic mass is 10.1. The van der Waals surface area contributed by atoms with Crippen LogP contribution < -0.4 is 16.0 Å². The van der Waals surface area contributed by atoms with Crippen LogP contribution in [-0.4, -0.2) is 61.7 Å². The maximum absolute atomic E-state index is 13.1. The Bertz CT molecular complexity index is 1500. The Balaban J connectivity index is 1.32. The van der Waals surface area contributed by atoms with Crippen LogP contribution in [0.2, 0.25) is 0 Å². The lowest BCUT2D eigenvalue weighted by molar-refractivity contribution is -0.137. The van der Waals surface area contributed by atoms with E-state index in [-0.39, 0.29) is 11.3 Å². The molecule has 1 saturated heterocycles. The molecule has 0 radical (unpaired) electrons. The van der Waals surface area contributed by atoms with E-state index in [0.29, 0.717) is 29.3 Å². The quantitative estimate of drug-likeness (QED) is 0.298. The van der Waals surface area contributed by atoms with Crippen molar-refractivity contribution in [1.82, 2.24) is 29.6 Å². The zero-order valence-electron chi connectivity index (χ0n) is 21.9. The molecule has 208 valence electrons. The predicted octanol–water partition coefficient (Wildman–Crippen LogP) is 4.89. The topological polar surface area (TPSA) is 113 Å². The maximum atomic E-state index is 13.1. The summed E-state index contributed by atoms with van der Waals surface area (Å²) in [4.78, 5) is 28.2. The first kappa shape index (κ1) is 27.1. The van der Waals surface area contributed by atoms with Crippen LogP contribution in [-0.2, 0) is 6.18 Å². The molecule has 0 atom stereocenters. The molecule has 0 aliphatic carbocycles. The van der Waals surface area contributed by atoms with E-state index in [2.05, 4.69) is 47.9 Å². The second-order valence-corrected chi connectivity index (χ2v) is 9.67. The van der Waals surface area contributed by atoms with E-state index in [1.165, 1.54) is 29.5 Å². The van der Waals surface area contributed by atoms with E-state index in [1.807, 2.05) is 6.92 Å². The lowest BCUT2D eigenvalue weighted by Gasteiger charge is -2.29. The Hall–Kier alpha value is -4.52. The molecular formula is C27H28F3N9O. The molecule has 0 unspecified atom stereocenters. The number of hydrogen-bond donors (Lipinski definition) is 3. The number of halogens is 3. The van der Waals surface area contributed by atoms with Crippen LogP contribution in [0.25, 0.3) is 5.82 Å². The van der Waals surface area contributed by atoms with Gasteiger partial charge in [-0.1, -0.05) is 12.1 Å². The highest BCUT2D eigenvalue weighted by Gasteiger charge is 2.30. The Labute approximate surface area is 228 Å². The molecule has 40 heavy (non-hydrogen) atoms. The van der Waals surface area contributed by atoms with Crippen LogP contribution in [0.5, 0.6) is 0 Å². The van der Waals surface area contributed by atoms with Crippen molar-refractivity contribution in [3.8, 4) is 5.82 Å². The summed E-state index contributed by atoms with van der Waals surface area (Å²) in [5, 5.41) is 13.5. The van der Waals surface area contributed by atoms with Gasteiger partial charge in [-0.15, -0.1) is 0 Å². The summed E-state index contributed by atoms with van der Waals surface area (Å²) in [5.74, 6) is 0.999. The second-order valence-electron chi connectivity index (χ2n) is 9.67. The van der Waals surface area contributed by atoms with Crippen LogP contribution >= 0.6 is 0 Å². The minimum Gasteiger partial charge on any atom is -0.367 e. The number of piperidine rings is 1. The number of benzene rings is 2. The molecule has 13 heteroatoms. The first-order chi connectivity index (χ1) is 19.2. The van der Waals surface area contributed by atoms with E-state index in [0.717, 1.165) is 43.6 Å². The molecule has 0 bridgehead atoms. The Morgan fingerprint density at radius 3 is 2.58 bits per heavy atom. The number of rotatable bonds is 7. The van der Waals surface area contributed by atoms with Gasteiger partial charge in [0.1, 0.15) is 18.5 Å².